The number of aliphatic hydroxyl groups excluding tert-OH is 1. The lowest BCUT2D eigenvalue weighted by Crippen LogP contribution is -2.40. The first-order valence-electron chi connectivity index (χ1n) is 8.63. The maximum Gasteiger partial charge on any atom is 0.332 e. The Hall–Kier alpha value is -2.87. The molecule has 0 spiro atoms. The molecule has 0 aliphatic carbocycles. The molecule has 8 nitrogen and oxygen atoms in total. The Kier molecular flexibility index (Phi) is 3.73. The van der Waals surface area contributed by atoms with Crippen LogP contribution in [0.1, 0.15) is 12.5 Å². The summed E-state index contributed by atoms with van der Waals surface area (Å²) >= 11 is 0. The molecule has 26 heavy (non-hydrogen) atoms. The second-order valence-corrected chi connectivity index (χ2v) is 6.68. The number of benzene rings is 1. The van der Waals surface area contributed by atoms with Crippen LogP contribution in [0.3, 0.4) is 0 Å². The van der Waals surface area contributed by atoms with E-state index in [1.807, 2.05) is 29.2 Å². The third kappa shape index (κ3) is 2.29. The molecule has 8 heteroatoms. The Balaban J connectivity index is 1.98. The molecule has 1 aliphatic rings. The Morgan fingerprint density at radius 3 is 2.46 bits per heavy atom. The molecule has 3 aromatic rings. The minimum absolute atomic E-state index is 0.267. The lowest BCUT2D eigenvalue weighted by Gasteiger charge is -2.32. The summed E-state index contributed by atoms with van der Waals surface area (Å²) in [5.41, 5.74) is 1.95. The molecule has 0 saturated heterocycles. The van der Waals surface area contributed by atoms with E-state index in [4.69, 9.17) is 0 Å². The second kappa shape index (κ2) is 5.84. The number of anilines is 2. The van der Waals surface area contributed by atoms with Crippen molar-refractivity contribution in [3.63, 3.8) is 0 Å². The van der Waals surface area contributed by atoms with Crippen molar-refractivity contribution in [3.8, 4) is 0 Å². The highest BCUT2D eigenvalue weighted by molar-refractivity contribution is 5.77. The van der Waals surface area contributed by atoms with Crippen molar-refractivity contribution in [1.29, 1.82) is 0 Å². The molecule has 1 N–H and O–H groups in total. The van der Waals surface area contributed by atoms with Crippen molar-refractivity contribution in [2.75, 3.05) is 11.4 Å². The quantitative estimate of drug-likeness (QED) is 0.724. The van der Waals surface area contributed by atoms with Crippen LogP contribution in [0.5, 0.6) is 0 Å². The van der Waals surface area contributed by atoms with Gasteiger partial charge in [0, 0.05) is 19.8 Å². The van der Waals surface area contributed by atoms with Crippen LogP contribution < -0.4 is 16.1 Å². The van der Waals surface area contributed by atoms with Gasteiger partial charge in [-0.05, 0) is 24.1 Å². The summed E-state index contributed by atoms with van der Waals surface area (Å²) < 4.78 is 4.14. The van der Waals surface area contributed by atoms with Gasteiger partial charge in [-0.2, -0.15) is 4.98 Å². The zero-order valence-electron chi connectivity index (χ0n) is 15.0. The molecule has 0 unspecified atom stereocenters. The SMILES string of the molecule is CCc1ccc(N2C[C@H](O)Cn3c2nc2c3c(=O)n(C)c(=O)n2C)cc1. The van der Waals surface area contributed by atoms with Gasteiger partial charge in [0.2, 0.25) is 5.95 Å². The highest BCUT2D eigenvalue weighted by atomic mass is 16.3. The van der Waals surface area contributed by atoms with Crippen molar-refractivity contribution < 1.29 is 5.11 Å². The maximum atomic E-state index is 12.7. The molecule has 0 saturated carbocycles. The Bertz CT molecular complexity index is 1110. The van der Waals surface area contributed by atoms with E-state index in [0.29, 0.717) is 23.7 Å². The summed E-state index contributed by atoms with van der Waals surface area (Å²) in [6, 6.07) is 8.05. The van der Waals surface area contributed by atoms with Crippen LogP contribution in [-0.2, 0) is 27.1 Å². The van der Waals surface area contributed by atoms with Crippen LogP contribution in [0, 0.1) is 0 Å². The maximum absolute atomic E-state index is 12.7. The lowest BCUT2D eigenvalue weighted by atomic mass is 10.1. The Morgan fingerprint density at radius 2 is 1.81 bits per heavy atom. The van der Waals surface area contributed by atoms with Crippen molar-refractivity contribution in [1.82, 2.24) is 18.7 Å². The number of aliphatic hydroxyl groups is 1. The minimum atomic E-state index is -0.646. The summed E-state index contributed by atoms with van der Waals surface area (Å²) in [5.74, 6) is 0.563. The van der Waals surface area contributed by atoms with Gasteiger partial charge < -0.3 is 14.6 Å². The predicted molar refractivity (Wildman–Crippen MR) is 99.0 cm³/mol. The summed E-state index contributed by atoms with van der Waals surface area (Å²) in [6.45, 7) is 2.74. The minimum Gasteiger partial charge on any atom is -0.389 e. The molecule has 3 heterocycles. The number of hydrogen-bond donors (Lipinski definition) is 1. The summed E-state index contributed by atoms with van der Waals surface area (Å²) in [4.78, 5) is 31.3. The third-order valence-corrected chi connectivity index (χ3v) is 5.01. The summed E-state index contributed by atoms with van der Waals surface area (Å²) in [7, 11) is 3.05. The fourth-order valence-electron chi connectivity index (χ4n) is 3.51. The average Bonchev–Trinajstić information content (AvgIpc) is 3.03. The van der Waals surface area contributed by atoms with Gasteiger partial charge in [-0.25, -0.2) is 4.79 Å². The smallest absolute Gasteiger partial charge is 0.332 e. The van der Waals surface area contributed by atoms with Gasteiger partial charge in [-0.15, -0.1) is 0 Å². The average molecular weight is 355 g/mol. The number of fused-ring (bicyclic) bond motifs is 3. The molecule has 0 amide bonds. The number of imidazole rings is 1. The van der Waals surface area contributed by atoms with E-state index in [1.165, 1.54) is 17.2 Å². The second-order valence-electron chi connectivity index (χ2n) is 6.68. The molecule has 4 rings (SSSR count). The molecule has 2 aromatic heterocycles. The van der Waals surface area contributed by atoms with E-state index in [9.17, 15) is 14.7 Å². The first-order valence-corrected chi connectivity index (χ1v) is 8.63. The number of nitrogens with zero attached hydrogens (tertiary/aromatic N) is 5. The molecule has 0 bridgehead atoms. The van der Waals surface area contributed by atoms with Gasteiger partial charge in [0.15, 0.2) is 11.2 Å². The van der Waals surface area contributed by atoms with E-state index in [0.717, 1.165) is 16.7 Å². The third-order valence-electron chi connectivity index (χ3n) is 5.01. The largest absolute Gasteiger partial charge is 0.389 e. The van der Waals surface area contributed by atoms with Crippen LogP contribution in [0.15, 0.2) is 33.9 Å². The van der Waals surface area contributed by atoms with Crippen LogP contribution in [-0.4, -0.2) is 36.4 Å². The molecule has 0 fully saturated rings. The van der Waals surface area contributed by atoms with Gasteiger partial charge in [-0.3, -0.25) is 13.9 Å². The van der Waals surface area contributed by atoms with Gasteiger partial charge in [-0.1, -0.05) is 19.1 Å². The number of aryl methyl sites for hydroxylation is 2. The van der Waals surface area contributed by atoms with Crippen molar-refractivity contribution in [2.45, 2.75) is 26.0 Å². The predicted octanol–water partition coefficient (Wildman–Crippen LogP) is 0.509. The van der Waals surface area contributed by atoms with E-state index >= 15 is 0 Å². The fourth-order valence-corrected chi connectivity index (χ4v) is 3.51. The van der Waals surface area contributed by atoms with Crippen LogP contribution in [0.4, 0.5) is 11.6 Å². The molecule has 136 valence electrons. The zero-order valence-corrected chi connectivity index (χ0v) is 15.0. The summed E-state index contributed by atoms with van der Waals surface area (Å²) in [5, 5.41) is 10.4. The molecule has 1 atom stereocenters. The van der Waals surface area contributed by atoms with E-state index < -0.39 is 17.4 Å². The molecule has 0 radical (unpaired) electrons. The Morgan fingerprint density at radius 1 is 1.12 bits per heavy atom. The highest BCUT2D eigenvalue weighted by Crippen LogP contribution is 2.31. The van der Waals surface area contributed by atoms with Crippen molar-refractivity contribution in [3.05, 3.63) is 50.7 Å². The monoisotopic (exact) mass is 355 g/mol. The first kappa shape index (κ1) is 16.6. The number of hydrogen-bond acceptors (Lipinski definition) is 5. The van der Waals surface area contributed by atoms with Crippen molar-refractivity contribution >= 4 is 22.8 Å². The molecule has 1 aliphatic heterocycles. The zero-order chi connectivity index (χ0) is 18.6. The number of aromatic nitrogens is 4. The summed E-state index contributed by atoms with van der Waals surface area (Å²) in [6.07, 6.45) is 0.298. The van der Waals surface area contributed by atoms with Gasteiger partial charge >= 0.3 is 5.69 Å². The fraction of sp³-hybridized carbons (Fsp3) is 0.389. The van der Waals surface area contributed by atoms with Crippen molar-refractivity contribution in [2.24, 2.45) is 14.1 Å². The Labute approximate surface area is 149 Å². The van der Waals surface area contributed by atoms with Crippen LogP contribution >= 0.6 is 0 Å². The number of rotatable bonds is 2. The lowest BCUT2D eigenvalue weighted by molar-refractivity contribution is 0.154. The van der Waals surface area contributed by atoms with E-state index in [1.54, 1.807) is 11.6 Å². The molecular weight excluding hydrogens is 334 g/mol. The van der Waals surface area contributed by atoms with Gasteiger partial charge in [0.1, 0.15) is 0 Å². The first-order chi connectivity index (χ1) is 12.4. The van der Waals surface area contributed by atoms with Crippen LogP contribution in [0.2, 0.25) is 0 Å². The van der Waals surface area contributed by atoms with E-state index in [-0.39, 0.29) is 6.54 Å². The number of β-amino-alcohol motifs (C(OH)–C–C–N with tert-alkyl or cyclic N) is 1. The molecule has 1 aromatic carbocycles. The van der Waals surface area contributed by atoms with Gasteiger partial charge in [0.05, 0.1) is 19.2 Å². The standard InChI is InChI=1S/C18H21N5O3/c1-4-11-5-7-12(8-6-11)22-9-13(24)10-23-14-15(19-17(22)23)20(2)18(26)21(3)16(14)25/h5-8,13,24H,4,9-10H2,1-3H3/t13-/m0/s1. The van der Waals surface area contributed by atoms with Gasteiger partial charge in [0.25, 0.3) is 5.56 Å². The van der Waals surface area contributed by atoms with E-state index in [2.05, 4.69) is 11.9 Å². The molecular formula is C18H21N5O3. The van der Waals surface area contributed by atoms with Crippen LogP contribution in [0.25, 0.3) is 11.2 Å². The topological polar surface area (TPSA) is 85.3 Å². The highest BCUT2D eigenvalue weighted by Gasteiger charge is 2.30. The normalized spacial score (nSPS) is 16.9.